The highest BCUT2D eigenvalue weighted by atomic mass is 16.5. The van der Waals surface area contributed by atoms with Crippen molar-refractivity contribution in [3.8, 4) is 0 Å². The molecule has 0 unspecified atom stereocenters. The lowest BCUT2D eigenvalue weighted by Gasteiger charge is -2.29. The number of rotatable bonds is 4. The molecule has 1 aromatic rings. The molecule has 0 spiro atoms. The zero-order chi connectivity index (χ0) is 20.2. The first-order chi connectivity index (χ1) is 14.1. The number of amides is 3. The van der Waals surface area contributed by atoms with Gasteiger partial charge in [0, 0.05) is 44.2 Å². The molecule has 156 valence electrons. The quantitative estimate of drug-likeness (QED) is 0.793. The summed E-state index contributed by atoms with van der Waals surface area (Å²) < 4.78 is 5.35. The van der Waals surface area contributed by atoms with Gasteiger partial charge in [-0.15, -0.1) is 0 Å². The van der Waals surface area contributed by atoms with E-state index in [0.29, 0.717) is 39.1 Å². The van der Waals surface area contributed by atoms with Gasteiger partial charge in [0.05, 0.1) is 6.54 Å². The maximum atomic E-state index is 12.9. The third-order valence-electron chi connectivity index (χ3n) is 6.39. The van der Waals surface area contributed by atoms with Gasteiger partial charge >= 0.3 is 0 Å². The number of nitrogens with zero attached hydrogens (tertiary/aromatic N) is 1. The van der Waals surface area contributed by atoms with Gasteiger partial charge in [0.25, 0.3) is 0 Å². The summed E-state index contributed by atoms with van der Waals surface area (Å²) in [5, 5.41) is 6.07. The summed E-state index contributed by atoms with van der Waals surface area (Å²) in [6.07, 6.45) is 2.77. The summed E-state index contributed by atoms with van der Waals surface area (Å²) >= 11 is 0. The van der Waals surface area contributed by atoms with Crippen molar-refractivity contribution in [3.05, 3.63) is 35.9 Å². The smallest absolute Gasteiger partial charge is 0.239 e. The van der Waals surface area contributed by atoms with Crippen molar-refractivity contribution in [2.75, 3.05) is 26.3 Å². The highest BCUT2D eigenvalue weighted by Crippen LogP contribution is 2.34. The average Bonchev–Trinajstić information content (AvgIpc) is 3.07. The van der Waals surface area contributed by atoms with Crippen LogP contribution < -0.4 is 10.6 Å². The largest absolute Gasteiger partial charge is 0.381 e. The molecule has 2 heterocycles. The van der Waals surface area contributed by atoms with E-state index in [-0.39, 0.29) is 48.1 Å². The van der Waals surface area contributed by atoms with Crippen molar-refractivity contribution < 1.29 is 19.1 Å². The first-order valence-electron chi connectivity index (χ1n) is 10.6. The second-order valence-corrected chi connectivity index (χ2v) is 8.41. The maximum absolute atomic E-state index is 12.9. The lowest BCUT2D eigenvalue weighted by atomic mass is 9.97. The summed E-state index contributed by atoms with van der Waals surface area (Å²) in [6.45, 7) is 2.38. The number of fused-ring (bicyclic) bond motifs is 1. The zero-order valence-corrected chi connectivity index (χ0v) is 16.6. The molecule has 3 aliphatic rings. The SMILES string of the molecule is O=C1CN(C(=O)C2CCOCC2)C[C@H]2C[C@H](C(=O)NCc3ccccc3)C[C@H]2N1. The molecule has 4 rings (SSSR count). The molecule has 7 heteroatoms. The van der Waals surface area contributed by atoms with Gasteiger partial charge in [-0.25, -0.2) is 0 Å². The maximum Gasteiger partial charge on any atom is 0.239 e. The van der Waals surface area contributed by atoms with E-state index >= 15 is 0 Å². The molecular weight excluding hydrogens is 370 g/mol. The minimum atomic E-state index is -0.132. The fraction of sp³-hybridized carbons (Fsp3) is 0.591. The lowest BCUT2D eigenvalue weighted by Crippen LogP contribution is -2.43. The van der Waals surface area contributed by atoms with E-state index in [4.69, 9.17) is 4.74 Å². The van der Waals surface area contributed by atoms with Crippen LogP contribution in [0.1, 0.15) is 31.2 Å². The van der Waals surface area contributed by atoms with Crippen molar-refractivity contribution in [1.29, 1.82) is 0 Å². The number of carbonyl (C=O) groups excluding carboxylic acids is 3. The van der Waals surface area contributed by atoms with Gasteiger partial charge in [-0.05, 0) is 37.2 Å². The molecule has 3 atom stereocenters. The van der Waals surface area contributed by atoms with Gasteiger partial charge in [-0.1, -0.05) is 30.3 Å². The molecule has 2 N–H and O–H groups in total. The van der Waals surface area contributed by atoms with Gasteiger partial charge in [-0.3, -0.25) is 14.4 Å². The van der Waals surface area contributed by atoms with E-state index in [1.807, 2.05) is 30.3 Å². The molecule has 29 heavy (non-hydrogen) atoms. The Hall–Kier alpha value is -2.41. The first-order valence-corrected chi connectivity index (χ1v) is 10.6. The summed E-state index contributed by atoms with van der Waals surface area (Å²) in [6, 6.07) is 9.79. The van der Waals surface area contributed by atoms with Crippen LogP contribution in [0.15, 0.2) is 30.3 Å². The first kappa shape index (κ1) is 19.9. The third kappa shape index (κ3) is 4.78. The van der Waals surface area contributed by atoms with Crippen molar-refractivity contribution in [1.82, 2.24) is 15.5 Å². The van der Waals surface area contributed by atoms with Crippen molar-refractivity contribution >= 4 is 17.7 Å². The van der Waals surface area contributed by atoms with Gasteiger partial charge in [0.2, 0.25) is 17.7 Å². The fourth-order valence-corrected chi connectivity index (χ4v) is 4.79. The Kier molecular flexibility index (Phi) is 6.13. The van der Waals surface area contributed by atoms with Crippen LogP contribution in [0.3, 0.4) is 0 Å². The molecule has 3 fully saturated rings. The molecule has 1 saturated carbocycles. The predicted molar refractivity (Wildman–Crippen MR) is 107 cm³/mol. The zero-order valence-electron chi connectivity index (χ0n) is 16.6. The molecule has 2 saturated heterocycles. The van der Waals surface area contributed by atoms with E-state index < -0.39 is 0 Å². The Morgan fingerprint density at radius 1 is 1.10 bits per heavy atom. The van der Waals surface area contributed by atoms with Gasteiger partial charge < -0.3 is 20.3 Å². The summed E-state index contributed by atoms with van der Waals surface area (Å²) in [4.78, 5) is 39.7. The van der Waals surface area contributed by atoms with Crippen LogP contribution in [-0.4, -0.2) is 55.0 Å². The van der Waals surface area contributed by atoms with Crippen LogP contribution in [0, 0.1) is 17.8 Å². The van der Waals surface area contributed by atoms with Crippen LogP contribution in [0.2, 0.25) is 0 Å². The van der Waals surface area contributed by atoms with E-state index in [0.717, 1.165) is 18.4 Å². The van der Waals surface area contributed by atoms with Gasteiger partial charge in [0.15, 0.2) is 0 Å². The lowest BCUT2D eigenvalue weighted by molar-refractivity contribution is -0.141. The average molecular weight is 399 g/mol. The van der Waals surface area contributed by atoms with Crippen molar-refractivity contribution in [2.45, 2.75) is 38.3 Å². The second kappa shape index (κ2) is 8.95. The predicted octanol–water partition coefficient (Wildman–Crippen LogP) is 1.08. The molecule has 7 nitrogen and oxygen atoms in total. The van der Waals surface area contributed by atoms with Gasteiger partial charge in [-0.2, -0.15) is 0 Å². The third-order valence-corrected chi connectivity index (χ3v) is 6.39. The molecular formula is C22H29N3O4. The highest BCUT2D eigenvalue weighted by molar-refractivity contribution is 5.87. The number of benzene rings is 1. The molecule has 2 aliphatic heterocycles. The Morgan fingerprint density at radius 3 is 2.62 bits per heavy atom. The van der Waals surface area contributed by atoms with Crippen molar-refractivity contribution in [3.63, 3.8) is 0 Å². The van der Waals surface area contributed by atoms with Crippen LogP contribution in [0.4, 0.5) is 0 Å². The van der Waals surface area contributed by atoms with E-state index in [9.17, 15) is 14.4 Å². The molecule has 1 aliphatic carbocycles. The monoisotopic (exact) mass is 399 g/mol. The highest BCUT2D eigenvalue weighted by Gasteiger charge is 2.42. The molecule has 3 amide bonds. The summed E-state index contributed by atoms with van der Waals surface area (Å²) in [7, 11) is 0. The number of nitrogens with one attached hydrogen (secondary N) is 2. The van der Waals surface area contributed by atoms with Crippen LogP contribution in [-0.2, 0) is 25.7 Å². The summed E-state index contributed by atoms with van der Waals surface area (Å²) in [5.74, 6) is -0.104. The normalized spacial score (nSPS) is 27.7. The Morgan fingerprint density at radius 2 is 1.86 bits per heavy atom. The number of ether oxygens (including phenoxy) is 1. The molecule has 0 radical (unpaired) electrons. The summed E-state index contributed by atoms with van der Waals surface area (Å²) in [5.41, 5.74) is 1.06. The van der Waals surface area contributed by atoms with E-state index in [2.05, 4.69) is 10.6 Å². The van der Waals surface area contributed by atoms with Crippen LogP contribution in [0.5, 0.6) is 0 Å². The minimum Gasteiger partial charge on any atom is -0.381 e. The van der Waals surface area contributed by atoms with Gasteiger partial charge in [0.1, 0.15) is 0 Å². The molecule has 0 bridgehead atoms. The fourth-order valence-electron chi connectivity index (χ4n) is 4.79. The number of carbonyl (C=O) groups is 3. The minimum absolute atomic E-state index is 0.0264. The Labute approximate surface area is 171 Å². The standard InChI is InChI=1S/C22H29N3O4/c26-20-14-25(22(28)16-6-8-29-9-7-16)13-18-10-17(11-19(18)24-20)21(27)23-12-15-4-2-1-3-5-15/h1-5,16-19H,6-14H2,(H,23,27)(H,24,26)/t17-,18+,19+/m0/s1. The Bertz CT molecular complexity index is 748. The second-order valence-electron chi connectivity index (χ2n) is 8.41. The van der Waals surface area contributed by atoms with Crippen LogP contribution >= 0.6 is 0 Å². The Balaban J connectivity index is 1.35. The molecule has 1 aromatic carbocycles. The van der Waals surface area contributed by atoms with E-state index in [1.165, 1.54) is 0 Å². The van der Waals surface area contributed by atoms with E-state index in [1.54, 1.807) is 4.90 Å². The number of hydrogen-bond acceptors (Lipinski definition) is 4. The van der Waals surface area contributed by atoms with Crippen molar-refractivity contribution in [2.24, 2.45) is 17.8 Å². The number of hydrogen-bond donors (Lipinski definition) is 2. The molecule has 0 aromatic heterocycles. The topological polar surface area (TPSA) is 87.7 Å². The van der Waals surface area contributed by atoms with Crippen LogP contribution in [0.25, 0.3) is 0 Å².